The maximum Gasteiger partial charge on any atom is 0.257 e. The van der Waals surface area contributed by atoms with Gasteiger partial charge in [0.1, 0.15) is 0 Å². The molecule has 0 fully saturated rings. The van der Waals surface area contributed by atoms with Crippen LogP contribution in [0, 0.1) is 0 Å². The zero-order valence-corrected chi connectivity index (χ0v) is 16.6. The Kier molecular flexibility index (Phi) is 4.75. The summed E-state index contributed by atoms with van der Waals surface area (Å²) in [4.78, 5) is 26.5. The van der Waals surface area contributed by atoms with Crippen molar-refractivity contribution in [3.05, 3.63) is 96.0 Å². The Hall–Kier alpha value is -3.90. The van der Waals surface area contributed by atoms with Gasteiger partial charge in [-0.3, -0.25) is 10.1 Å². The standard InChI is InChI=1S/C24H16N4OS/c29-23(28-24-25-13-14-30-24)18-11-12-19-20(15-18)27-22(17-9-5-2-6-10-17)21(26-19)16-7-3-1-4-8-16/h1-15H,(H,25,28,29). The second kappa shape index (κ2) is 7.85. The number of nitrogens with zero attached hydrogens (tertiary/aromatic N) is 3. The van der Waals surface area contributed by atoms with Gasteiger partial charge in [-0.15, -0.1) is 11.3 Å². The van der Waals surface area contributed by atoms with Crippen LogP contribution in [0.1, 0.15) is 10.4 Å². The van der Waals surface area contributed by atoms with Crippen LogP contribution in [0.4, 0.5) is 5.13 Å². The normalized spacial score (nSPS) is 10.8. The van der Waals surface area contributed by atoms with Crippen molar-refractivity contribution in [3.63, 3.8) is 0 Å². The summed E-state index contributed by atoms with van der Waals surface area (Å²) in [7, 11) is 0. The molecule has 0 saturated carbocycles. The number of carbonyl (C=O) groups excluding carboxylic acids is 1. The summed E-state index contributed by atoms with van der Waals surface area (Å²) in [6.45, 7) is 0. The average molecular weight is 408 g/mol. The zero-order valence-electron chi connectivity index (χ0n) is 15.8. The highest BCUT2D eigenvalue weighted by molar-refractivity contribution is 7.13. The lowest BCUT2D eigenvalue weighted by molar-refractivity contribution is 0.102. The van der Waals surface area contributed by atoms with Crippen LogP contribution >= 0.6 is 11.3 Å². The van der Waals surface area contributed by atoms with Gasteiger partial charge in [0.05, 0.1) is 22.4 Å². The van der Waals surface area contributed by atoms with Crippen LogP contribution in [0.15, 0.2) is 90.4 Å². The van der Waals surface area contributed by atoms with E-state index in [1.165, 1.54) is 11.3 Å². The Balaban J connectivity index is 1.63. The second-order valence-corrected chi connectivity index (χ2v) is 7.54. The van der Waals surface area contributed by atoms with Crippen molar-refractivity contribution in [1.82, 2.24) is 15.0 Å². The number of hydrogen-bond acceptors (Lipinski definition) is 5. The predicted octanol–water partition coefficient (Wildman–Crippen LogP) is 5.67. The molecule has 2 aromatic heterocycles. The molecule has 2 heterocycles. The number of carbonyl (C=O) groups is 1. The Morgan fingerprint density at radius 2 is 1.40 bits per heavy atom. The van der Waals surface area contributed by atoms with Crippen LogP contribution in [-0.4, -0.2) is 20.9 Å². The fourth-order valence-corrected chi connectivity index (χ4v) is 3.77. The topological polar surface area (TPSA) is 67.8 Å². The third kappa shape index (κ3) is 3.56. The molecule has 1 amide bonds. The van der Waals surface area contributed by atoms with Crippen LogP contribution in [0.3, 0.4) is 0 Å². The van der Waals surface area contributed by atoms with Gasteiger partial charge in [0.2, 0.25) is 0 Å². The highest BCUT2D eigenvalue weighted by Crippen LogP contribution is 2.31. The highest BCUT2D eigenvalue weighted by Gasteiger charge is 2.15. The Morgan fingerprint density at radius 1 is 0.767 bits per heavy atom. The summed E-state index contributed by atoms with van der Waals surface area (Å²) >= 11 is 1.38. The fourth-order valence-electron chi connectivity index (χ4n) is 3.24. The van der Waals surface area contributed by atoms with E-state index < -0.39 is 0 Å². The molecule has 5 nitrogen and oxygen atoms in total. The minimum Gasteiger partial charge on any atom is -0.298 e. The Morgan fingerprint density at radius 3 is 2.00 bits per heavy atom. The van der Waals surface area contributed by atoms with Crippen molar-refractivity contribution in [3.8, 4) is 22.5 Å². The monoisotopic (exact) mass is 408 g/mol. The number of anilines is 1. The van der Waals surface area contributed by atoms with Gasteiger partial charge in [0.15, 0.2) is 5.13 Å². The second-order valence-electron chi connectivity index (χ2n) is 6.65. The van der Waals surface area contributed by atoms with Gasteiger partial charge in [-0.05, 0) is 18.2 Å². The van der Waals surface area contributed by atoms with Crippen molar-refractivity contribution in [1.29, 1.82) is 0 Å². The lowest BCUT2D eigenvalue weighted by Gasteiger charge is -2.11. The van der Waals surface area contributed by atoms with Gasteiger partial charge in [-0.2, -0.15) is 0 Å². The summed E-state index contributed by atoms with van der Waals surface area (Å²) in [6, 6.07) is 25.3. The van der Waals surface area contributed by atoms with E-state index in [9.17, 15) is 4.79 Å². The van der Waals surface area contributed by atoms with Crippen molar-refractivity contribution in [2.75, 3.05) is 5.32 Å². The summed E-state index contributed by atoms with van der Waals surface area (Å²) in [5, 5.41) is 5.19. The van der Waals surface area contributed by atoms with Crippen molar-refractivity contribution in [2.45, 2.75) is 0 Å². The number of rotatable bonds is 4. The minimum atomic E-state index is -0.220. The van der Waals surface area contributed by atoms with Crippen LogP contribution in [-0.2, 0) is 0 Å². The molecule has 0 radical (unpaired) electrons. The molecule has 0 atom stereocenters. The molecule has 5 aromatic rings. The number of amides is 1. The molecule has 0 aliphatic carbocycles. The van der Waals surface area contributed by atoms with E-state index in [-0.39, 0.29) is 5.91 Å². The summed E-state index contributed by atoms with van der Waals surface area (Å²) < 4.78 is 0. The molecule has 6 heteroatoms. The SMILES string of the molecule is O=C(Nc1nccs1)c1ccc2nc(-c3ccccc3)c(-c3ccccc3)nc2c1. The van der Waals surface area contributed by atoms with Crippen LogP contribution in [0.5, 0.6) is 0 Å². The van der Waals surface area contributed by atoms with E-state index in [4.69, 9.17) is 9.97 Å². The quantitative estimate of drug-likeness (QED) is 0.416. The number of benzene rings is 3. The van der Waals surface area contributed by atoms with E-state index in [2.05, 4.69) is 10.3 Å². The number of thiazole rings is 1. The number of aromatic nitrogens is 3. The van der Waals surface area contributed by atoms with E-state index in [1.807, 2.05) is 72.1 Å². The zero-order chi connectivity index (χ0) is 20.3. The molecule has 1 N–H and O–H groups in total. The first-order valence-corrected chi connectivity index (χ1v) is 10.3. The van der Waals surface area contributed by atoms with Gasteiger partial charge >= 0.3 is 0 Å². The molecule has 0 unspecified atom stereocenters. The van der Waals surface area contributed by atoms with Gasteiger partial charge in [-0.1, -0.05) is 60.7 Å². The number of fused-ring (bicyclic) bond motifs is 1. The maximum atomic E-state index is 12.6. The minimum absolute atomic E-state index is 0.220. The first-order valence-electron chi connectivity index (χ1n) is 9.41. The smallest absolute Gasteiger partial charge is 0.257 e. The van der Waals surface area contributed by atoms with Gasteiger partial charge in [0.25, 0.3) is 5.91 Å². The largest absolute Gasteiger partial charge is 0.298 e. The predicted molar refractivity (Wildman–Crippen MR) is 120 cm³/mol. The summed E-state index contributed by atoms with van der Waals surface area (Å²) in [5.41, 5.74) is 5.49. The lowest BCUT2D eigenvalue weighted by Crippen LogP contribution is -2.11. The molecule has 0 saturated heterocycles. The highest BCUT2D eigenvalue weighted by atomic mass is 32.1. The third-order valence-electron chi connectivity index (χ3n) is 4.67. The van der Waals surface area contributed by atoms with Gasteiger partial charge in [0, 0.05) is 28.3 Å². The van der Waals surface area contributed by atoms with Crippen LogP contribution < -0.4 is 5.32 Å². The first kappa shape index (κ1) is 18.1. The third-order valence-corrected chi connectivity index (χ3v) is 5.36. The van der Waals surface area contributed by atoms with E-state index in [1.54, 1.807) is 18.3 Å². The molecule has 30 heavy (non-hydrogen) atoms. The molecular formula is C24H16N4OS. The van der Waals surface area contributed by atoms with Crippen molar-refractivity contribution >= 4 is 33.4 Å². The first-order chi connectivity index (χ1) is 14.8. The van der Waals surface area contributed by atoms with Gasteiger partial charge < -0.3 is 0 Å². The fraction of sp³-hybridized carbons (Fsp3) is 0. The molecular weight excluding hydrogens is 392 g/mol. The van der Waals surface area contributed by atoms with E-state index in [0.29, 0.717) is 16.2 Å². The van der Waals surface area contributed by atoms with Crippen LogP contribution in [0.25, 0.3) is 33.5 Å². The maximum absolute atomic E-state index is 12.6. The van der Waals surface area contributed by atoms with Crippen LogP contribution in [0.2, 0.25) is 0 Å². The molecule has 0 aliphatic rings. The molecule has 0 aliphatic heterocycles. The molecule has 0 bridgehead atoms. The molecule has 3 aromatic carbocycles. The van der Waals surface area contributed by atoms with Crippen molar-refractivity contribution < 1.29 is 4.79 Å². The Labute approximate surface area is 177 Å². The Bertz CT molecular complexity index is 1320. The molecule has 5 rings (SSSR count). The van der Waals surface area contributed by atoms with E-state index in [0.717, 1.165) is 28.0 Å². The van der Waals surface area contributed by atoms with E-state index >= 15 is 0 Å². The molecule has 144 valence electrons. The number of hydrogen-bond donors (Lipinski definition) is 1. The summed E-state index contributed by atoms with van der Waals surface area (Å²) in [6.07, 6.45) is 1.66. The number of nitrogens with one attached hydrogen (secondary N) is 1. The lowest BCUT2D eigenvalue weighted by atomic mass is 10.0. The average Bonchev–Trinajstić information content (AvgIpc) is 3.32. The summed E-state index contributed by atoms with van der Waals surface area (Å²) in [5.74, 6) is -0.220. The molecule has 0 spiro atoms. The van der Waals surface area contributed by atoms with Crippen molar-refractivity contribution in [2.24, 2.45) is 0 Å². The van der Waals surface area contributed by atoms with Gasteiger partial charge in [-0.25, -0.2) is 15.0 Å².